The van der Waals surface area contributed by atoms with Crippen LogP contribution >= 0.6 is 0 Å². The van der Waals surface area contributed by atoms with Crippen LogP contribution < -0.4 is 5.32 Å². The van der Waals surface area contributed by atoms with Gasteiger partial charge in [-0.3, -0.25) is 4.90 Å². The van der Waals surface area contributed by atoms with Gasteiger partial charge in [-0.05, 0) is 12.0 Å². The molecular weight excluding hydrogens is 272 g/mol. The summed E-state index contributed by atoms with van der Waals surface area (Å²) >= 11 is 0. The van der Waals surface area contributed by atoms with Gasteiger partial charge in [0, 0.05) is 43.1 Å². The lowest BCUT2D eigenvalue weighted by molar-refractivity contribution is 0.136. The van der Waals surface area contributed by atoms with Gasteiger partial charge in [-0.25, -0.2) is 9.97 Å². The first-order valence-electron chi connectivity index (χ1n) is 8.52. The van der Waals surface area contributed by atoms with Gasteiger partial charge < -0.3 is 5.32 Å². The first kappa shape index (κ1) is 15.9. The van der Waals surface area contributed by atoms with E-state index in [-0.39, 0.29) is 10.8 Å². The minimum Gasteiger partial charge on any atom is -0.314 e. The van der Waals surface area contributed by atoms with Crippen LogP contribution in [0.5, 0.6) is 0 Å². The smallest absolute Gasteiger partial charge is 0.134 e. The number of fused-ring (bicyclic) bond motifs is 2. The molecule has 2 aliphatic rings. The predicted molar refractivity (Wildman–Crippen MR) is 90.2 cm³/mol. The fourth-order valence-electron chi connectivity index (χ4n) is 3.47. The van der Waals surface area contributed by atoms with Gasteiger partial charge in [0.2, 0.25) is 0 Å². The molecule has 3 heterocycles. The van der Waals surface area contributed by atoms with Gasteiger partial charge in [-0.2, -0.15) is 0 Å². The lowest BCUT2D eigenvalue weighted by Crippen LogP contribution is -2.54. The van der Waals surface area contributed by atoms with Crippen molar-refractivity contribution in [1.29, 1.82) is 0 Å². The van der Waals surface area contributed by atoms with E-state index in [1.165, 1.54) is 17.0 Å². The summed E-state index contributed by atoms with van der Waals surface area (Å²) in [5.74, 6) is 0.991. The molecule has 3 rings (SSSR count). The molecule has 0 saturated carbocycles. The summed E-state index contributed by atoms with van der Waals surface area (Å²) in [6, 6.07) is 0.603. The monoisotopic (exact) mass is 302 g/mol. The number of aromatic nitrogens is 2. The molecule has 0 amide bonds. The van der Waals surface area contributed by atoms with Crippen molar-refractivity contribution in [3.05, 3.63) is 22.8 Å². The van der Waals surface area contributed by atoms with Crippen LogP contribution in [0.2, 0.25) is 0 Å². The van der Waals surface area contributed by atoms with E-state index in [9.17, 15) is 0 Å². The number of rotatable bonds is 0. The van der Waals surface area contributed by atoms with Crippen molar-refractivity contribution in [1.82, 2.24) is 20.2 Å². The van der Waals surface area contributed by atoms with Crippen LogP contribution in [0.4, 0.5) is 0 Å². The molecule has 1 unspecified atom stereocenters. The van der Waals surface area contributed by atoms with Crippen LogP contribution in [0, 0.1) is 0 Å². The number of hydrogen-bond donors (Lipinski definition) is 1. The van der Waals surface area contributed by atoms with Gasteiger partial charge in [0.1, 0.15) is 5.82 Å². The highest BCUT2D eigenvalue weighted by Crippen LogP contribution is 2.33. The molecule has 1 fully saturated rings. The Hall–Kier alpha value is -1.00. The van der Waals surface area contributed by atoms with Gasteiger partial charge in [-0.1, -0.05) is 41.5 Å². The van der Waals surface area contributed by atoms with E-state index >= 15 is 0 Å². The van der Waals surface area contributed by atoms with Crippen molar-refractivity contribution in [2.45, 2.75) is 71.4 Å². The third kappa shape index (κ3) is 2.91. The maximum absolute atomic E-state index is 5.02. The highest BCUT2D eigenvalue weighted by atomic mass is 15.2. The maximum atomic E-state index is 5.02. The lowest BCUT2D eigenvalue weighted by atomic mass is 9.83. The van der Waals surface area contributed by atoms with Crippen molar-refractivity contribution in [2.75, 3.05) is 19.6 Å². The van der Waals surface area contributed by atoms with Crippen molar-refractivity contribution < 1.29 is 0 Å². The van der Waals surface area contributed by atoms with E-state index in [0.29, 0.717) is 6.04 Å². The van der Waals surface area contributed by atoms with Crippen molar-refractivity contribution in [2.24, 2.45) is 0 Å². The molecule has 1 aromatic rings. The minimum absolute atomic E-state index is 0.00463. The van der Waals surface area contributed by atoms with E-state index in [1.54, 1.807) is 0 Å². The van der Waals surface area contributed by atoms with Gasteiger partial charge in [-0.15, -0.1) is 0 Å². The van der Waals surface area contributed by atoms with E-state index < -0.39 is 0 Å². The van der Waals surface area contributed by atoms with Crippen LogP contribution in [-0.4, -0.2) is 40.5 Å². The van der Waals surface area contributed by atoms with E-state index in [1.807, 2.05) is 0 Å². The molecular formula is C18H30N4. The molecule has 0 bridgehead atoms. The third-order valence-electron chi connectivity index (χ3n) is 4.74. The Morgan fingerprint density at radius 3 is 2.41 bits per heavy atom. The Morgan fingerprint density at radius 2 is 1.77 bits per heavy atom. The molecule has 0 radical (unpaired) electrons. The molecule has 4 heteroatoms. The molecule has 0 aliphatic carbocycles. The second-order valence-electron chi connectivity index (χ2n) is 8.85. The summed E-state index contributed by atoms with van der Waals surface area (Å²) in [7, 11) is 0. The molecule has 0 aromatic carbocycles. The average molecular weight is 302 g/mol. The minimum atomic E-state index is -0.00463. The summed E-state index contributed by atoms with van der Waals surface area (Å²) in [6.07, 6.45) is 1.08. The fourth-order valence-corrected chi connectivity index (χ4v) is 3.47. The van der Waals surface area contributed by atoms with Crippen molar-refractivity contribution >= 4 is 0 Å². The first-order chi connectivity index (χ1) is 10.2. The number of nitrogens with one attached hydrogen (secondary N) is 1. The van der Waals surface area contributed by atoms with Gasteiger partial charge >= 0.3 is 0 Å². The normalized spacial score (nSPS) is 23.1. The molecule has 2 aliphatic heterocycles. The van der Waals surface area contributed by atoms with E-state index in [2.05, 4.69) is 51.8 Å². The van der Waals surface area contributed by atoms with E-state index in [0.717, 1.165) is 38.4 Å². The lowest BCUT2D eigenvalue weighted by Gasteiger charge is -2.41. The van der Waals surface area contributed by atoms with Crippen molar-refractivity contribution in [3.63, 3.8) is 0 Å². The standard InChI is InChI=1S/C18H30N4/c1-17(2,3)15-13-9-12-10-19-7-8-22(12)11-14(13)20-16(21-15)18(4,5)6/h12,19H,7-11H2,1-6H3. The van der Waals surface area contributed by atoms with Gasteiger partial charge in [0.05, 0.1) is 11.4 Å². The summed E-state index contributed by atoms with van der Waals surface area (Å²) in [5, 5.41) is 3.53. The van der Waals surface area contributed by atoms with Gasteiger partial charge in [0.15, 0.2) is 0 Å². The second kappa shape index (κ2) is 5.27. The SMILES string of the molecule is CC(C)(C)c1nc2c(c(C(C)(C)C)n1)CC1CNCCN1C2. The Morgan fingerprint density at radius 1 is 1.05 bits per heavy atom. The number of hydrogen-bond acceptors (Lipinski definition) is 4. The van der Waals surface area contributed by atoms with Crippen LogP contribution in [0.15, 0.2) is 0 Å². The summed E-state index contributed by atoms with van der Waals surface area (Å²) in [6.45, 7) is 17.7. The Labute approximate surface area is 134 Å². The highest BCUT2D eigenvalue weighted by Gasteiger charge is 2.35. The first-order valence-corrected chi connectivity index (χ1v) is 8.52. The second-order valence-corrected chi connectivity index (χ2v) is 8.85. The quantitative estimate of drug-likeness (QED) is 0.799. The topological polar surface area (TPSA) is 41.1 Å². The zero-order valence-electron chi connectivity index (χ0n) is 15.0. The molecule has 1 saturated heterocycles. The zero-order chi connectivity index (χ0) is 16.1. The van der Waals surface area contributed by atoms with Crippen LogP contribution in [0.1, 0.15) is 64.3 Å². The molecule has 1 N–H and O–H groups in total. The van der Waals surface area contributed by atoms with Gasteiger partial charge in [0.25, 0.3) is 0 Å². The van der Waals surface area contributed by atoms with Crippen LogP contribution in [0.3, 0.4) is 0 Å². The Balaban J connectivity index is 2.10. The van der Waals surface area contributed by atoms with Crippen LogP contribution in [0.25, 0.3) is 0 Å². The summed E-state index contributed by atoms with van der Waals surface area (Å²) in [4.78, 5) is 12.6. The largest absolute Gasteiger partial charge is 0.314 e. The Bertz CT molecular complexity index is 566. The molecule has 1 aromatic heterocycles. The summed E-state index contributed by atoms with van der Waals surface area (Å²) < 4.78 is 0. The van der Waals surface area contributed by atoms with E-state index in [4.69, 9.17) is 9.97 Å². The summed E-state index contributed by atoms with van der Waals surface area (Å²) in [5.41, 5.74) is 3.99. The number of piperazine rings is 1. The molecule has 122 valence electrons. The molecule has 0 spiro atoms. The third-order valence-corrected chi connectivity index (χ3v) is 4.74. The highest BCUT2D eigenvalue weighted by molar-refractivity contribution is 5.35. The predicted octanol–water partition coefficient (Wildman–Crippen LogP) is 2.40. The average Bonchev–Trinajstić information content (AvgIpc) is 2.41. The fraction of sp³-hybridized carbons (Fsp3) is 0.778. The maximum Gasteiger partial charge on any atom is 0.134 e. The number of nitrogens with zero attached hydrogens (tertiary/aromatic N) is 3. The van der Waals surface area contributed by atoms with Crippen LogP contribution in [-0.2, 0) is 23.8 Å². The zero-order valence-corrected chi connectivity index (χ0v) is 15.0. The molecule has 4 nitrogen and oxygen atoms in total. The Kier molecular flexibility index (Phi) is 3.81. The molecule has 22 heavy (non-hydrogen) atoms. The molecule has 1 atom stereocenters. The van der Waals surface area contributed by atoms with Crippen molar-refractivity contribution in [3.8, 4) is 0 Å².